The number of nitrogens with one attached hydrogen (secondary N) is 1. The summed E-state index contributed by atoms with van der Waals surface area (Å²) in [5.41, 5.74) is 6.27. The molecule has 1 unspecified atom stereocenters. The smallest absolute Gasteiger partial charge is 0.326 e. The third-order valence-electron chi connectivity index (χ3n) is 3.39. The van der Waals surface area contributed by atoms with Gasteiger partial charge in [-0.3, -0.25) is 4.79 Å². The maximum absolute atomic E-state index is 11.9. The predicted octanol–water partition coefficient (Wildman–Crippen LogP) is 0.879. The molecule has 0 aliphatic heterocycles. The minimum atomic E-state index is -1.09. The number of amides is 1. The quantitative estimate of drug-likeness (QED) is 0.568. The molecule has 21 heavy (non-hydrogen) atoms. The van der Waals surface area contributed by atoms with Gasteiger partial charge in [-0.05, 0) is 30.2 Å². The Kier molecular flexibility index (Phi) is 6.68. The molecule has 1 aromatic rings. The van der Waals surface area contributed by atoms with Crippen LogP contribution < -0.4 is 11.1 Å². The maximum atomic E-state index is 11.9. The SMILES string of the molecule is CCC(CN)CC(=O)N[C@@H](Cc1ccc(O)cc1)C(=O)O. The first-order valence-electron chi connectivity index (χ1n) is 6.96. The molecule has 0 saturated heterocycles. The van der Waals surface area contributed by atoms with Crippen LogP contribution >= 0.6 is 0 Å². The fourth-order valence-electron chi connectivity index (χ4n) is 1.98. The zero-order valence-electron chi connectivity index (χ0n) is 12.1. The molecular formula is C15H22N2O4. The van der Waals surface area contributed by atoms with Crippen LogP contribution in [0, 0.1) is 5.92 Å². The number of hydrogen-bond acceptors (Lipinski definition) is 4. The van der Waals surface area contributed by atoms with Crippen molar-refractivity contribution in [2.75, 3.05) is 6.54 Å². The van der Waals surface area contributed by atoms with E-state index in [0.717, 1.165) is 12.0 Å². The van der Waals surface area contributed by atoms with Crippen LogP contribution in [0.1, 0.15) is 25.3 Å². The van der Waals surface area contributed by atoms with Crippen LogP contribution in [0.15, 0.2) is 24.3 Å². The lowest BCUT2D eigenvalue weighted by Crippen LogP contribution is -2.43. The Balaban J connectivity index is 2.63. The highest BCUT2D eigenvalue weighted by Crippen LogP contribution is 2.12. The summed E-state index contributed by atoms with van der Waals surface area (Å²) in [5, 5.41) is 20.9. The van der Waals surface area contributed by atoms with E-state index in [4.69, 9.17) is 5.73 Å². The molecule has 2 atom stereocenters. The minimum Gasteiger partial charge on any atom is -0.508 e. The molecule has 0 aromatic heterocycles. The van der Waals surface area contributed by atoms with Crippen LogP contribution in [0.2, 0.25) is 0 Å². The molecule has 1 aromatic carbocycles. The fourth-order valence-corrected chi connectivity index (χ4v) is 1.98. The molecular weight excluding hydrogens is 272 g/mol. The first kappa shape index (κ1) is 17.0. The number of carbonyl (C=O) groups excluding carboxylic acids is 1. The van der Waals surface area contributed by atoms with Gasteiger partial charge in [0, 0.05) is 12.8 Å². The van der Waals surface area contributed by atoms with Gasteiger partial charge < -0.3 is 21.3 Å². The predicted molar refractivity (Wildman–Crippen MR) is 78.8 cm³/mol. The average Bonchev–Trinajstić information content (AvgIpc) is 2.46. The molecule has 5 N–H and O–H groups in total. The first-order chi connectivity index (χ1) is 9.96. The van der Waals surface area contributed by atoms with E-state index in [1.54, 1.807) is 12.1 Å². The Morgan fingerprint density at radius 3 is 2.38 bits per heavy atom. The molecule has 0 bridgehead atoms. The van der Waals surface area contributed by atoms with E-state index >= 15 is 0 Å². The number of nitrogens with two attached hydrogens (primary N) is 1. The van der Waals surface area contributed by atoms with Gasteiger partial charge in [-0.25, -0.2) is 4.79 Å². The van der Waals surface area contributed by atoms with Gasteiger partial charge in [-0.2, -0.15) is 0 Å². The van der Waals surface area contributed by atoms with Crippen LogP contribution in [0.4, 0.5) is 0 Å². The molecule has 6 nitrogen and oxygen atoms in total. The number of carboxylic acids is 1. The van der Waals surface area contributed by atoms with Gasteiger partial charge in [0.25, 0.3) is 0 Å². The molecule has 0 aliphatic rings. The van der Waals surface area contributed by atoms with Crippen molar-refractivity contribution in [1.29, 1.82) is 0 Å². The van der Waals surface area contributed by atoms with Crippen molar-refractivity contribution in [1.82, 2.24) is 5.32 Å². The summed E-state index contributed by atoms with van der Waals surface area (Å²) in [7, 11) is 0. The van der Waals surface area contributed by atoms with Crippen molar-refractivity contribution < 1.29 is 19.8 Å². The molecule has 0 fully saturated rings. The summed E-state index contributed by atoms with van der Waals surface area (Å²) >= 11 is 0. The summed E-state index contributed by atoms with van der Waals surface area (Å²) in [6.07, 6.45) is 1.17. The zero-order valence-corrected chi connectivity index (χ0v) is 12.1. The van der Waals surface area contributed by atoms with Crippen molar-refractivity contribution >= 4 is 11.9 Å². The van der Waals surface area contributed by atoms with E-state index in [0.29, 0.717) is 6.54 Å². The summed E-state index contributed by atoms with van der Waals surface area (Å²) in [5.74, 6) is -1.22. The monoisotopic (exact) mass is 294 g/mol. The van der Waals surface area contributed by atoms with Gasteiger partial charge in [-0.15, -0.1) is 0 Å². The van der Waals surface area contributed by atoms with E-state index < -0.39 is 12.0 Å². The molecule has 1 rings (SSSR count). The summed E-state index contributed by atoms with van der Waals surface area (Å²) in [6, 6.07) is 5.24. The number of phenols is 1. The minimum absolute atomic E-state index is 0.0631. The van der Waals surface area contributed by atoms with Crippen molar-refractivity contribution in [3.63, 3.8) is 0 Å². The average molecular weight is 294 g/mol. The molecule has 0 heterocycles. The lowest BCUT2D eigenvalue weighted by atomic mass is 10.0. The largest absolute Gasteiger partial charge is 0.508 e. The summed E-state index contributed by atoms with van der Waals surface area (Å²) in [4.78, 5) is 23.1. The first-order valence-corrected chi connectivity index (χ1v) is 6.96. The van der Waals surface area contributed by atoms with Crippen molar-refractivity contribution in [3.05, 3.63) is 29.8 Å². The topological polar surface area (TPSA) is 113 Å². The number of rotatable bonds is 8. The van der Waals surface area contributed by atoms with Crippen LogP contribution in [-0.2, 0) is 16.0 Å². The number of hydrogen-bond donors (Lipinski definition) is 4. The van der Waals surface area contributed by atoms with Gasteiger partial charge in [0.05, 0.1) is 0 Å². The van der Waals surface area contributed by atoms with E-state index in [-0.39, 0.29) is 30.4 Å². The van der Waals surface area contributed by atoms with Crippen molar-refractivity contribution in [2.24, 2.45) is 11.7 Å². The van der Waals surface area contributed by atoms with Crippen molar-refractivity contribution in [2.45, 2.75) is 32.2 Å². The van der Waals surface area contributed by atoms with E-state index in [2.05, 4.69) is 5.32 Å². The van der Waals surface area contributed by atoms with Crippen LogP contribution in [0.5, 0.6) is 5.75 Å². The molecule has 6 heteroatoms. The second-order valence-electron chi connectivity index (χ2n) is 5.04. The van der Waals surface area contributed by atoms with Crippen LogP contribution in [-0.4, -0.2) is 34.7 Å². The number of aromatic hydroxyl groups is 1. The molecule has 116 valence electrons. The van der Waals surface area contributed by atoms with Gasteiger partial charge in [0.2, 0.25) is 5.91 Å². The van der Waals surface area contributed by atoms with Gasteiger partial charge in [-0.1, -0.05) is 25.5 Å². The second-order valence-corrected chi connectivity index (χ2v) is 5.04. The molecule has 0 spiro atoms. The van der Waals surface area contributed by atoms with E-state index in [1.165, 1.54) is 12.1 Å². The Morgan fingerprint density at radius 2 is 1.90 bits per heavy atom. The van der Waals surface area contributed by atoms with E-state index in [9.17, 15) is 19.8 Å². The molecule has 1 amide bonds. The summed E-state index contributed by atoms with van der Waals surface area (Å²) < 4.78 is 0. The lowest BCUT2D eigenvalue weighted by molar-refractivity contribution is -0.141. The normalized spacial score (nSPS) is 13.4. The molecule has 0 radical (unpaired) electrons. The highest BCUT2D eigenvalue weighted by atomic mass is 16.4. The molecule has 0 aliphatic carbocycles. The van der Waals surface area contributed by atoms with Gasteiger partial charge >= 0.3 is 5.97 Å². The van der Waals surface area contributed by atoms with E-state index in [1.807, 2.05) is 6.92 Å². The fraction of sp³-hybridized carbons (Fsp3) is 0.467. The van der Waals surface area contributed by atoms with Gasteiger partial charge in [0.15, 0.2) is 0 Å². The zero-order chi connectivity index (χ0) is 15.8. The van der Waals surface area contributed by atoms with Gasteiger partial charge in [0.1, 0.15) is 11.8 Å². The van der Waals surface area contributed by atoms with Crippen LogP contribution in [0.3, 0.4) is 0 Å². The number of carboxylic acid groups (broad SMARTS) is 1. The number of carbonyl (C=O) groups is 2. The Morgan fingerprint density at radius 1 is 1.29 bits per heavy atom. The third kappa shape index (κ3) is 5.83. The summed E-state index contributed by atoms with van der Waals surface area (Å²) in [6.45, 7) is 2.34. The number of aliphatic carboxylic acids is 1. The standard InChI is InChI=1S/C15H22N2O4/c1-2-10(9-16)8-14(19)17-13(15(20)21)7-11-3-5-12(18)6-4-11/h3-6,10,13,18H,2,7-9,16H2,1H3,(H,17,19)(H,20,21)/t10?,13-/m0/s1. The molecule has 0 saturated carbocycles. The van der Waals surface area contributed by atoms with Crippen molar-refractivity contribution in [3.8, 4) is 5.75 Å². The second kappa shape index (κ2) is 8.26. The maximum Gasteiger partial charge on any atom is 0.326 e. The number of benzene rings is 1. The third-order valence-corrected chi connectivity index (χ3v) is 3.39. The lowest BCUT2D eigenvalue weighted by Gasteiger charge is -2.17. The van der Waals surface area contributed by atoms with Crippen LogP contribution in [0.25, 0.3) is 0 Å². The highest BCUT2D eigenvalue weighted by Gasteiger charge is 2.21. The highest BCUT2D eigenvalue weighted by molar-refractivity contribution is 5.83. The Hall–Kier alpha value is -2.08. The number of phenolic OH excluding ortho intramolecular Hbond substituents is 1. The Labute approximate surface area is 124 Å². The Bertz CT molecular complexity index is 469.